The Morgan fingerprint density at radius 3 is 2.80 bits per heavy atom. The van der Waals surface area contributed by atoms with Crippen LogP contribution in [0.4, 0.5) is 0 Å². The van der Waals surface area contributed by atoms with Gasteiger partial charge in [0.05, 0.1) is 7.11 Å². The topological polar surface area (TPSA) is 51.1 Å². The summed E-state index contributed by atoms with van der Waals surface area (Å²) in [5.41, 5.74) is 0.268. The summed E-state index contributed by atoms with van der Waals surface area (Å²) in [7, 11) is 1.62. The molecule has 0 bridgehead atoms. The lowest BCUT2D eigenvalue weighted by molar-refractivity contribution is -0.146. The van der Waals surface area contributed by atoms with Crippen LogP contribution in [-0.2, 0) is 9.53 Å². The second-order valence-corrected chi connectivity index (χ2v) is 5.22. The summed E-state index contributed by atoms with van der Waals surface area (Å²) < 4.78 is 11.3. The van der Waals surface area contributed by atoms with Gasteiger partial charge in [-0.3, -0.25) is 4.79 Å². The molecule has 2 aliphatic rings. The van der Waals surface area contributed by atoms with E-state index in [9.17, 15) is 4.79 Å². The van der Waals surface area contributed by atoms with Gasteiger partial charge in [-0.05, 0) is 31.0 Å². The van der Waals surface area contributed by atoms with Crippen molar-refractivity contribution in [2.24, 2.45) is 5.10 Å². The van der Waals surface area contributed by atoms with Crippen molar-refractivity contribution >= 4 is 11.8 Å². The molecular weight excluding hydrogens is 256 g/mol. The van der Waals surface area contributed by atoms with Gasteiger partial charge in [0.1, 0.15) is 5.75 Å². The van der Waals surface area contributed by atoms with E-state index in [1.165, 1.54) is 11.9 Å². The highest BCUT2D eigenvalue weighted by molar-refractivity contribution is 5.97. The minimum absolute atomic E-state index is 0.0789. The van der Waals surface area contributed by atoms with E-state index in [0.717, 1.165) is 37.0 Å². The molecule has 1 amide bonds. The van der Waals surface area contributed by atoms with Gasteiger partial charge >= 0.3 is 0 Å². The third-order valence-electron chi connectivity index (χ3n) is 3.86. The number of hydrazone groups is 1. The molecule has 1 heterocycles. The molecule has 5 nitrogen and oxygen atoms in total. The SMILES string of the molecule is COc1cccc(C2=NN(C(C)=O)C3(CCCC3)O2)c1. The molecule has 0 N–H and O–H groups in total. The van der Waals surface area contributed by atoms with Gasteiger partial charge in [-0.2, -0.15) is 5.01 Å². The molecule has 0 atom stereocenters. The van der Waals surface area contributed by atoms with E-state index in [4.69, 9.17) is 9.47 Å². The molecular formula is C15H18N2O3. The maximum Gasteiger partial charge on any atom is 0.243 e. The first-order chi connectivity index (χ1) is 9.64. The fourth-order valence-corrected chi connectivity index (χ4v) is 2.90. The maximum absolute atomic E-state index is 11.8. The number of benzene rings is 1. The Morgan fingerprint density at radius 2 is 2.15 bits per heavy atom. The van der Waals surface area contributed by atoms with Crippen LogP contribution in [0.3, 0.4) is 0 Å². The third kappa shape index (κ3) is 2.03. The average Bonchev–Trinajstić information content (AvgIpc) is 3.07. The molecule has 20 heavy (non-hydrogen) atoms. The van der Waals surface area contributed by atoms with Crippen molar-refractivity contribution in [1.82, 2.24) is 5.01 Å². The average molecular weight is 274 g/mol. The van der Waals surface area contributed by atoms with Crippen molar-refractivity contribution in [3.05, 3.63) is 29.8 Å². The van der Waals surface area contributed by atoms with Gasteiger partial charge in [-0.1, -0.05) is 6.07 Å². The molecule has 1 aliphatic carbocycles. The van der Waals surface area contributed by atoms with Crippen LogP contribution < -0.4 is 4.74 Å². The predicted octanol–water partition coefficient (Wildman–Crippen LogP) is 2.51. The van der Waals surface area contributed by atoms with Crippen LogP contribution in [0.2, 0.25) is 0 Å². The molecule has 0 radical (unpaired) electrons. The largest absolute Gasteiger partial charge is 0.497 e. The molecule has 1 fully saturated rings. The number of rotatable bonds is 2. The number of nitrogens with zero attached hydrogens (tertiary/aromatic N) is 2. The monoisotopic (exact) mass is 274 g/mol. The summed E-state index contributed by atoms with van der Waals surface area (Å²) in [5.74, 6) is 1.17. The molecule has 5 heteroatoms. The predicted molar refractivity (Wildman–Crippen MR) is 74.3 cm³/mol. The van der Waals surface area contributed by atoms with E-state index >= 15 is 0 Å². The first kappa shape index (κ1) is 13.0. The molecule has 1 aliphatic heterocycles. The van der Waals surface area contributed by atoms with Crippen molar-refractivity contribution in [3.63, 3.8) is 0 Å². The van der Waals surface area contributed by atoms with Crippen LogP contribution in [0.5, 0.6) is 5.75 Å². The standard InChI is InChI=1S/C15H18N2O3/c1-11(18)17-15(8-3-4-9-15)20-14(16-17)12-6-5-7-13(10-12)19-2/h5-7,10H,3-4,8-9H2,1-2H3. The first-order valence-corrected chi connectivity index (χ1v) is 6.87. The van der Waals surface area contributed by atoms with Crippen molar-refractivity contribution in [1.29, 1.82) is 0 Å². The van der Waals surface area contributed by atoms with Gasteiger partial charge in [0.2, 0.25) is 17.5 Å². The highest BCUT2D eigenvalue weighted by Gasteiger charge is 2.49. The Morgan fingerprint density at radius 1 is 1.40 bits per heavy atom. The van der Waals surface area contributed by atoms with Gasteiger partial charge in [0.25, 0.3) is 0 Å². The lowest BCUT2D eigenvalue weighted by Crippen LogP contribution is -2.44. The van der Waals surface area contributed by atoms with Gasteiger partial charge in [0.15, 0.2) is 0 Å². The van der Waals surface area contributed by atoms with Crippen molar-refractivity contribution in [2.45, 2.75) is 38.3 Å². The number of amides is 1. The van der Waals surface area contributed by atoms with Crippen LogP contribution in [0.1, 0.15) is 38.2 Å². The van der Waals surface area contributed by atoms with Crippen molar-refractivity contribution < 1.29 is 14.3 Å². The molecule has 106 valence electrons. The Kier molecular flexibility index (Phi) is 3.12. The summed E-state index contributed by atoms with van der Waals surface area (Å²) in [4.78, 5) is 11.8. The second-order valence-electron chi connectivity index (χ2n) is 5.22. The molecule has 1 aromatic rings. The second kappa shape index (κ2) is 4.81. The molecule has 0 unspecified atom stereocenters. The van der Waals surface area contributed by atoms with Gasteiger partial charge in [-0.25, -0.2) is 0 Å². The number of carbonyl (C=O) groups is 1. The van der Waals surface area contributed by atoms with Crippen LogP contribution in [-0.4, -0.2) is 29.6 Å². The zero-order valence-electron chi connectivity index (χ0n) is 11.8. The van der Waals surface area contributed by atoms with E-state index in [1.54, 1.807) is 7.11 Å². The van der Waals surface area contributed by atoms with E-state index in [2.05, 4.69) is 5.10 Å². The fraction of sp³-hybridized carbons (Fsp3) is 0.467. The Balaban J connectivity index is 1.94. The zero-order chi connectivity index (χ0) is 14.2. The molecule has 1 saturated carbocycles. The minimum atomic E-state index is -0.565. The number of hydrogen-bond donors (Lipinski definition) is 0. The molecule has 3 rings (SSSR count). The maximum atomic E-state index is 11.8. The number of carbonyl (C=O) groups excluding carboxylic acids is 1. The van der Waals surface area contributed by atoms with Gasteiger partial charge in [0, 0.05) is 25.3 Å². The van der Waals surface area contributed by atoms with Crippen LogP contribution in [0, 0.1) is 0 Å². The molecule has 0 aromatic heterocycles. The Hall–Kier alpha value is -2.04. The molecule has 1 spiro atoms. The first-order valence-electron chi connectivity index (χ1n) is 6.87. The minimum Gasteiger partial charge on any atom is -0.497 e. The normalized spacial score (nSPS) is 19.9. The highest BCUT2D eigenvalue weighted by atomic mass is 16.6. The van der Waals surface area contributed by atoms with E-state index in [0.29, 0.717) is 5.90 Å². The van der Waals surface area contributed by atoms with E-state index in [-0.39, 0.29) is 5.91 Å². The smallest absolute Gasteiger partial charge is 0.243 e. The molecule has 1 aromatic carbocycles. The highest BCUT2D eigenvalue weighted by Crippen LogP contribution is 2.41. The zero-order valence-corrected chi connectivity index (χ0v) is 11.8. The summed E-state index contributed by atoms with van der Waals surface area (Å²) in [6, 6.07) is 7.53. The third-order valence-corrected chi connectivity index (χ3v) is 3.86. The number of ether oxygens (including phenoxy) is 2. The lowest BCUT2D eigenvalue weighted by Gasteiger charge is -2.29. The summed E-state index contributed by atoms with van der Waals surface area (Å²) in [6.45, 7) is 1.53. The quantitative estimate of drug-likeness (QED) is 0.832. The van der Waals surface area contributed by atoms with E-state index in [1.807, 2.05) is 24.3 Å². The van der Waals surface area contributed by atoms with Crippen molar-refractivity contribution in [2.75, 3.05) is 7.11 Å². The summed E-state index contributed by atoms with van der Waals surface area (Å²) in [6.07, 6.45) is 3.79. The summed E-state index contributed by atoms with van der Waals surface area (Å²) >= 11 is 0. The summed E-state index contributed by atoms with van der Waals surface area (Å²) in [5, 5.41) is 5.90. The van der Waals surface area contributed by atoms with E-state index < -0.39 is 5.72 Å². The Bertz CT molecular complexity index is 562. The number of hydrogen-bond acceptors (Lipinski definition) is 4. The van der Waals surface area contributed by atoms with Crippen LogP contribution in [0.25, 0.3) is 0 Å². The molecule has 0 saturated heterocycles. The lowest BCUT2D eigenvalue weighted by atomic mass is 10.1. The van der Waals surface area contributed by atoms with Crippen LogP contribution in [0.15, 0.2) is 29.4 Å². The van der Waals surface area contributed by atoms with Crippen LogP contribution >= 0.6 is 0 Å². The number of methoxy groups -OCH3 is 1. The van der Waals surface area contributed by atoms with Crippen molar-refractivity contribution in [3.8, 4) is 5.75 Å². The Labute approximate surface area is 118 Å². The fourth-order valence-electron chi connectivity index (χ4n) is 2.90. The van der Waals surface area contributed by atoms with Gasteiger partial charge < -0.3 is 9.47 Å². The van der Waals surface area contributed by atoms with Gasteiger partial charge in [-0.15, -0.1) is 5.10 Å².